The molecule has 1 aliphatic heterocycles. The predicted molar refractivity (Wildman–Crippen MR) is 135 cm³/mol. The number of nitrogens with two attached hydrogens (primary N) is 1. The molecule has 190 valence electrons. The van der Waals surface area contributed by atoms with Gasteiger partial charge in [-0.15, -0.1) is 0 Å². The molecule has 1 aliphatic rings. The van der Waals surface area contributed by atoms with E-state index in [4.69, 9.17) is 10.5 Å². The summed E-state index contributed by atoms with van der Waals surface area (Å²) in [5.41, 5.74) is 6.79. The maximum atomic E-state index is 12.4. The summed E-state index contributed by atoms with van der Waals surface area (Å²) in [6, 6.07) is 9.86. The van der Waals surface area contributed by atoms with Crippen LogP contribution in [-0.2, 0) is 9.53 Å². The van der Waals surface area contributed by atoms with Crippen molar-refractivity contribution in [2.45, 2.75) is 6.17 Å². The highest BCUT2D eigenvalue weighted by atomic mass is 32.1. The van der Waals surface area contributed by atoms with E-state index in [1.54, 1.807) is 24.3 Å². The number of ether oxygens (including phenoxy) is 1. The van der Waals surface area contributed by atoms with Gasteiger partial charge >= 0.3 is 12.0 Å². The van der Waals surface area contributed by atoms with Gasteiger partial charge in [-0.25, -0.2) is 24.2 Å². The molecule has 0 spiro atoms. The zero-order valence-electron chi connectivity index (χ0n) is 19.3. The lowest BCUT2D eigenvalue weighted by molar-refractivity contribution is -0.129. The summed E-state index contributed by atoms with van der Waals surface area (Å²) < 4.78 is 6.71. The smallest absolute Gasteiger partial charge is 0.336 e. The molecule has 3 aromatic heterocycles. The lowest BCUT2D eigenvalue weighted by Gasteiger charge is -2.32. The Labute approximate surface area is 213 Å². The third-order valence-corrected chi connectivity index (χ3v) is 6.62. The first-order valence-corrected chi connectivity index (χ1v) is 12.0. The first-order valence-electron chi connectivity index (χ1n) is 11.2. The second-order valence-electron chi connectivity index (χ2n) is 8.09. The van der Waals surface area contributed by atoms with Crippen LogP contribution in [0.15, 0.2) is 48.8 Å². The number of aromatic nitrogens is 4. The summed E-state index contributed by atoms with van der Waals surface area (Å²) in [5.74, 6) is -1.83. The van der Waals surface area contributed by atoms with Crippen LogP contribution in [-0.4, -0.2) is 74.0 Å². The average Bonchev–Trinajstić information content (AvgIpc) is 3.52. The second kappa shape index (κ2) is 10.3. The van der Waals surface area contributed by atoms with E-state index in [0.29, 0.717) is 47.7 Å². The van der Waals surface area contributed by atoms with Crippen LogP contribution >= 0.6 is 11.3 Å². The van der Waals surface area contributed by atoms with Crippen LogP contribution < -0.4 is 16.4 Å². The molecule has 0 saturated carbocycles. The molecule has 13 nitrogen and oxygen atoms in total. The molecule has 3 amide bonds. The molecule has 1 aromatic carbocycles. The highest BCUT2D eigenvalue weighted by molar-refractivity contribution is 7.19. The number of aromatic carboxylic acids is 1. The first-order chi connectivity index (χ1) is 17.9. The molecule has 1 atom stereocenters. The summed E-state index contributed by atoms with van der Waals surface area (Å²) >= 11 is 1.12. The number of thiazole rings is 1. The molecule has 4 aromatic rings. The van der Waals surface area contributed by atoms with Crippen molar-refractivity contribution < 1.29 is 24.2 Å². The Bertz CT molecular complexity index is 1460. The van der Waals surface area contributed by atoms with Crippen LogP contribution in [0.25, 0.3) is 21.6 Å². The number of nitrogens with one attached hydrogen (secondary N) is 2. The minimum Gasteiger partial charge on any atom is -0.478 e. The number of para-hydroxylation sites is 1. The number of fused-ring (bicyclic) bond motifs is 1. The van der Waals surface area contributed by atoms with Gasteiger partial charge in [-0.3, -0.25) is 15.0 Å². The number of urea groups is 1. The number of benzene rings is 1. The van der Waals surface area contributed by atoms with Gasteiger partial charge in [0.05, 0.1) is 40.9 Å². The summed E-state index contributed by atoms with van der Waals surface area (Å²) in [6.07, 6.45) is 1.88. The number of amides is 3. The first kappa shape index (κ1) is 24.3. The second-order valence-corrected chi connectivity index (χ2v) is 9.12. The van der Waals surface area contributed by atoms with Gasteiger partial charge in [-0.1, -0.05) is 29.5 Å². The number of pyridine rings is 1. The zero-order chi connectivity index (χ0) is 25.9. The third-order valence-electron chi connectivity index (χ3n) is 5.69. The van der Waals surface area contributed by atoms with Gasteiger partial charge in [-0.2, -0.15) is 5.10 Å². The number of hydrogen-bond donors (Lipinski definition) is 4. The molecule has 5 N–H and O–H groups in total. The van der Waals surface area contributed by atoms with Gasteiger partial charge in [0.1, 0.15) is 0 Å². The molecule has 37 heavy (non-hydrogen) atoms. The summed E-state index contributed by atoms with van der Waals surface area (Å²) in [7, 11) is 0. The van der Waals surface area contributed by atoms with Crippen LogP contribution in [0.4, 0.5) is 15.6 Å². The number of anilines is 2. The fourth-order valence-electron chi connectivity index (χ4n) is 4.01. The van der Waals surface area contributed by atoms with E-state index in [2.05, 4.69) is 25.7 Å². The Morgan fingerprint density at radius 2 is 1.86 bits per heavy atom. The van der Waals surface area contributed by atoms with Crippen molar-refractivity contribution in [1.29, 1.82) is 0 Å². The number of rotatable bonds is 7. The quantitative estimate of drug-likeness (QED) is 0.283. The van der Waals surface area contributed by atoms with Crippen LogP contribution in [0.2, 0.25) is 0 Å². The molecule has 0 bridgehead atoms. The number of carboxylic acids is 1. The number of nitrogens with zero attached hydrogens (tertiary/aromatic N) is 5. The summed E-state index contributed by atoms with van der Waals surface area (Å²) in [5, 5.41) is 20.1. The van der Waals surface area contributed by atoms with Gasteiger partial charge in [0.2, 0.25) is 0 Å². The minimum atomic E-state index is -1.18. The molecule has 14 heteroatoms. The Kier molecular flexibility index (Phi) is 6.76. The van der Waals surface area contributed by atoms with Crippen molar-refractivity contribution in [3.05, 3.63) is 54.4 Å². The van der Waals surface area contributed by atoms with Crippen LogP contribution in [0.1, 0.15) is 16.5 Å². The predicted octanol–water partition coefficient (Wildman–Crippen LogP) is 2.21. The Morgan fingerprint density at radius 3 is 2.57 bits per heavy atom. The zero-order valence-corrected chi connectivity index (χ0v) is 20.1. The van der Waals surface area contributed by atoms with Crippen LogP contribution in [0.3, 0.4) is 0 Å². The van der Waals surface area contributed by atoms with Crippen molar-refractivity contribution in [2.75, 3.05) is 36.9 Å². The number of morpholine rings is 1. The third kappa shape index (κ3) is 5.11. The van der Waals surface area contributed by atoms with E-state index in [1.807, 2.05) is 11.0 Å². The van der Waals surface area contributed by atoms with E-state index in [9.17, 15) is 19.5 Å². The fraction of sp³-hybridized carbons (Fsp3) is 0.217. The van der Waals surface area contributed by atoms with Gasteiger partial charge < -0.3 is 20.9 Å². The van der Waals surface area contributed by atoms with Gasteiger partial charge in [0.25, 0.3) is 5.91 Å². The molecule has 1 saturated heterocycles. The molecule has 1 fully saturated rings. The number of carbonyl (C=O) groups is 3. The minimum absolute atomic E-state index is 0.0406. The number of hydrogen-bond acceptors (Lipinski definition) is 9. The molecule has 1 unspecified atom stereocenters. The Morgan fingerprint density at radius 1 is 1.11 bits per heavy atom. The summed E-state index contributed by atoms with van der Waals surface area (Å²) in [4.78, 5) is 48.0. The van der Waals surface area contributed by atoms with E-state index >= 15 is 0 Å². The SMILES string of the molecule is NC(=O)C(N1CCOCC1)n1ncc2c(C(=O)O)cc(-c3cnc(NC(=O)Nc4ccccc4)s3)nc21. The molecule has 4 heterocycles. The van der Waals surface area contributed by atoms with E-state index in [-0.39, 0.29) is 16.6 Å². The molecular weight excluding hydrogens is 500 g/mol. The number of primary amides is 1. The lowest BCUT2D eigenvalue weighted by Crippen LogP contribution is -2.47. The van der Waals surface area contributed by atoms with E-state index < -0.39 is 24.1 Å². The van der Waals surface area contributed by atoms with Crippen molar-refractivity contribution in [3.8, 4) is 10.6 Å². The summed E-state index contributed by atoms with van der Waals surface area (Å²) in [6.45, 7) is 1.76. The van der Waals surface area contributed by atoms with Crippen molar-refractivity contribution in [2.24, 2.45) is 5.73 Å². The highest BCUT2D eigenvalue weighted by Gasteiger charge is 2.31. The van der Waals surface area contributed by atoms with Crippen molar-refractivity contribution >= 4 is 51.1 Å². The van der Waals surface area contributed by atoms with Crippen molar-refractivity contribution in [1.82, 2.24) is 24.6 Å². The van der Waals surface area contributed by atoms with Crippen LogP contribution in [0.5, 0.6) is 0 Å². The Balaban J connectivity index is 1.48. The standard InChI is InChI=1S/C23H22N8O5S/c24-18(32)20(30-6-8-36-9-7-30)31-19-15(11-26-31)14(21(33)34)10-16(28-19)17-12-25-23(37-17)29-22(35)27-13-4-2-1-3-5-13/h1-5,10-12,20H,6-9H2,(H2,24,32)(H,33,34)(H2,25,27,29,35). The maximum Gasteiger partial charge on any atom is 0.336 e. The largest absolute Gasteiger partial charge is 0.478 e. The molecular formula is C23H22N8O5S. The Hall–Kier alpha value is -4.40. The molecule has 0 radical (unpaired) electrons. The van der Waals surface area contributed by atoms with Gasteiger partial charge in [0.15, 0.2) is 16.9 Å². The van der Waals surface area contributed by atoms with E-state index in [0.717, 1.165) is 11.3 Å². The molecule has 5 rings (SSSR count). The topological polar surface area (TPSA) is 178 Å². The lowest BCUT2D eigenvalue weighted by atomic mass is 10.1. The maximum absolute atomic E-state index is 12.4. The van der Waals surface area contributed by atoms with Gasteiger partial charge in [-0.05, 0) is 18.2 Å². The molecule has 0 aliphatic carbocycles. The normalized spacial score (nSPS) is 14.8. The average molecular weight is 523 g/mol. The number of carboxylic acid groups (broad SMARTS) is 1. The van der Waals surface area contributed by atoms with E-state index in [1.165, 1.54) is 23.1 Å². The monoisotopic (exact) mass is 522 g/mol. The van der Waals surface area contributed by atoms with Crippen molar-refractivity contribution in [3.63, 3.8) is 0 Å². The van der Waals surface area contributed by atoms with Crippen LogP contribution in [0, 0.1) is 0 Å². The number of carbonyl (C=O) groups excluding carboxylic acids is 2. The van der Waals surface area contributed by atoms with Gasteiger partial charge in [0, 0.05) is 25.0 Å². The highest BCUT2D eigenvalue weighted by Crippen LogP contribution is 2.32. The fourth-order valence-corrected chi connectivity index (χ4v) is 4.78.